The number of nitrogens with one attached hydrogen (secondary N) is 1. The number of primary amides is 1. The number of ketones is 4. The molecule has 0 spiro atoms. The summed E-state index contributed by atoms with van der Waals surface area (Å²) in [7, 11) is 5.59. The van der Waals surface area contributed by atoms with Gasteiger partial charge in [0.2, 0.25) is 11.6 Å². The highest BCUT2D eigenvalue weighted by atomic mass is 16.4. The molecule has 0 unspecified atom stereocenters. The van der Waals surface area contributed by atoms with Gasteiger partial charge in [0.05, 0.1) is 34.8 Å². The molecule has 14 N–H and O–H groups in total. The van der Waals surface area contributed by atoms with Crippen LogP contribution in [0.4, 0.5) is 5.69 Å². The Kier molecular flexibility index (Phi) is 9.77. The van der Waals surface area contributed by atoms with Crippen LogP contribution in [0.15, 0.2) is 64.1 Å². The van der Waals surface area contributed by atoms with Crippen molar-refractivity contribution in [1.82, 2.24) is 9.80 Å². The zero-order chi connectivity index (χ0) is 47.1. The van der Waals surface area contributed by atoms with E-state index in [1.54, 1.807) is 0 Å². The van der Waals surface area contributed by atoms with Gasteiger partial charge >= 0.3 is 5.97 Å². The highest BCUT2D eigenvalue weighted by Crippen LogP contribution is 2.58. The van der Waals surface area contributed by atoms with E-state index in [0.29, 0.717) is 0 Å². The number of carbonyl (C=O) groups is 7. The summed E-state index contributed by atoms with van der Waals surface area (Å²) in [5, 5.41) is 105. The maximum Gasteiger partial charge on any atom is 0.311 e. The number of nitrogens with two attached hydrogens (primary N) is 2. The van der Waals surface area contributed by atoms with Gasteiger partial charge in [-0.3, -0.25) is 43.4 Å². The fourth-order valence-corrected chi connectivity index (χ4v) is 11.1. The van der Waals surface area contributed by atoms with Crippen molar-refractivity contribution in [3.63, 3.8) is 0 Å². The van der Waals surface area contributed by atoms with Gasteiger partial charge in [0.25, 0.3) is 11.8 Å². The van der Waals surface area contributed by atoms with Crippen LogP contribution in [0.3, 0.4) is 0 Å². The molecule has 0 saturated heterocycles. The first-order valence-corrected chi connectivity index (χ1v) is 19.8. The number of hydrogen-bond donors (Lipinski definition) is 12. The molecule has 64 heavy (non-hydrogen) atoms. The Bertz CT molecular complexity index is 2730. The molecular formula is C43H43N5O16. The number of aliphatic hydroxyl groups is 6. The maximum absolute atomic E-state index is 14.5. The fraction of sp³-hybridized carbons (Fsp3) is 0.372. The summed E-state index contributed by atoms with van der Waals surface area (Å²) in [4.78, 5) is 98.4. The minimum Gasteiger partial charge on any atom is -0.508 e. The van der Waals surface area contributed by atoms with Crippen LogP contribution in [0.5, 0.6) is 11.5 Å². The molecule has 0 aromatic heterocycles. The molecule has 0 bridgehead atoms. The number of phenolic OH excluding ortho intramolecular Hbond substituents is 2. The molecule has 2 fully saturated rings. The third-order valence-corrected chi connectivity index (χ3v) is 13.9. The number of phenols is 2. The minimum atomic E-state index is -3.15. The van der Waals surface area contributed by atoms with E-state index in [4.69, 9.17) is 11.5 Å². The molecule has 21 heteroatoms. The van der Waals surface area contributed by atoms with Crippen LogP contribution < -0.4 is 16.8 Å². The lowest BCUT2D eigenvalue weighted by atomic mass is 9.55. The summed E-state index contributed by atoms with van der Waals surface area (Å²) in [5.74, 6) is -22.7. The van der Waals surface area contributed by atoms with E-state index in [1.807, 2.05) is 0 Å². The van der Waals surface area contributed by atoms with E-state index in [2.05, 4.69) is 5.32 Å². The Balaban J connectivity index is 1.21. The van der Waals surface area contributed by atoms with E-state index in [9.17, 15) is 79.5 Å². The SMILES string of the molecule is CN(C)[C@@H]1C(=O)C(C(N)=O)=C(O)[C@@]2(O)C(=O)C3=C(O)c4c(ccc(NC(=O)C5=C(O)[C@@]6(O)C(=O)C7=C(O)c8c(O)cccc8[C@H](C(=O)O)[C@H]7C[C@H]6[C@H](N(C)C)C5=O)c4O)[C@H](N)[C@H]3C[C@@H]12. The summed E-state index contributed by atoms with van der Waals surface area (Å²) < 4.78 is 0. The van der Waals surface area contributed by atoms with E-state index in [1.165, 1.54) is 56.2 Å². The molecule has 2 amide bonds. The smallest absolute Gasteiger partial charge is 0.311 e. The fourth-order valence-electron chi connectivity index (χ4n) is 11.1. The summed E-state index contributed by atoms with van der Waals surface area (Å²) in [6.45, 7) is 0. The molecule has 2 saturated carbocycles. The van der Waals surface area contributed by atoms with Crippen molar-refractivity contribution in [2.45, 2.75) is 48.1 Å². The number of rotatable bonds is 6. The summed E-state index contributed by atoms with van der Waals surface area (Å²) in [6, 6.07) is 1.91. The Labute approximate surface area is 361 Å². The molecule has 2 aromatic rings. The zero-order valence-electron chi connectivity index (χ0n) is 34.4. The molecule has 10 atom stereocenters. The predicted molar refractivity (Wildman–Crippen MR) is 218 cm³/mol. The van der Waals surface area contributed by atoms with Crippen LogP contribution in [-0.2, 0) is 33.6 Å². The Morgan fingerprint density at radius 3 is 1.73 bits per heavy atom. The second-order valence-electron chi connectivity index (χ2n) is 17.4. The van der Waals surface area contributed by atoms with Crippen LogP contribution in [0, 0.1) is 23.7 Å². The molecule has 0 radical (unpaired) electrons. The van der Waals surface area contributed by atoms with Crippen LogP contribution in [0.1, 0.15) is 47.1 Å². The van der Waals surface area contributed by atoms with Crippen molar-refractivity contribution < 1.29 is 79.5 Å². The van der Waals surface area contributed by atoms with E-state index < -0.39 is 180 Å². The number of carboxylic acids is 1. The molecule has 0 heterocycles. The lowest BCUT2D eigenvalue weighted by Crippen LogP contribution is -2.66. The number of aromatic hydroxyl groups is 2. The van der Waals surface area contributed by atoms with Gasteiger partial charge in [-0.05, 0) is 64.3 Å². The summed E-state index contributed by atoms with van der Waals surface area (Å²) in [5.41, 5.74) is 0.796. The largest absolute Gasteiger partial charge is 0.508 e. The molecule has 336 valence electrons. The number of likely N-dealkylation sites (N-methyl/N-ethyl adjacent to an activating group) is 2. The first-order chi connectivity index (χ1) is 29.9. The number of aliphatic carboxylic acids is 1. The number of hydrogen-bond acceptors (Lipinski definition) is 18. The second-order valence-corrected chi connectivity index (χ2v) is 17.4. The number of Topliss-reactive ketones (excluding diaryl/α,β-unsaturated/α-hetero) is 4. The number of nitrogens with zero attached hydrogens (tertiary/aromatic N) is 2. The summed E-state index contributed by atoms with van der Waals surface area (Å²) >= 11 is 0. The van der Waals surface area contributed by atoms with Crippen molar-refractivity contribution in [1.29, 1.82) is 0 Å². The highest BCUT2D eigenvalue weighted by Gasteiger charge is 2.67. The number of benzene rings is 2. The van der Waals surface area contributed by atoms with Crippen molar-refractivity contribution >= 4 is 58.1 Å². The summed E-state index contributed by atoms with van der Waals surface area (Å²) in [6.07, 6.45) is -0.822. The van der Waals surface area contributed by atoms with Crippen LogP contribution in [-0.4, -0.2) is 148 Å². The highest BCUT2D eigenvalue weighted by molar-refractivity contribution is 6.28. The Morgan fingerprint density at radius 2 is 1.20 bits per heavy atom. The number of carboxylic acid groups (broad SMARTS) is 1. The molecular weight excluding hydrogens is 842 g/mol. The van der Waals surface area contributed by atoms with Crippen molar-refractivity contribution in [2.75, 3.05) is 33.5 Å². The monoisotopic (exact) mass is 885 g/mol. The Morgan fingerprint density at radius 1 is 0.703 bits per heavy atom. The molecule has 0 aliphatic heterocycles. The number of fused-ring (bicyclic) bond motifs is 6. The lowest BCUT2D eigenvalue weighted by Gasteiger charge is -2.51. The molecule has 8 rings (SSSR count). The van der Waals surface area contributed by atoms with Gasteiger partial charge < -0.3 is 62.7 Å². The van der Waals surface area contributed by atoms with Crippen LogP contribution >= 0.6 is 0 Å². The van der Waals surface area contributed by atoms with Gasteiger partial charge in [-0.15, -0.1) is 0 Å². The number of anilines is 1. The third-order valence-electron chi connectivity index (χ3n) is 13.9. The number of aliphatic hydroxyl groups excluding tert-OH is 4. The number of carbonyl (C=O) groups excluding carboxylic acids is 6. The van der Waals surface area contributed by atoms with Crippen LogP contribution in [0.2, 0.25) is 0 Å². The molecule has 2 aromatic carbocycles. The lowest BCUT2D eigenvalue weighted by molar-refractivity contribution is -0.156. The minimum absolute atomic E-state index is 0.00283. The van der Waals surface area contributed by atoms with Gasteiger partial charge in [0.15, 0.2) is 22.8 Å². The van der Waals surface area contributed by atoms with Gasteiger partial charge in [0, 0.05) is 40.9 Å². The van der Waals surface area contributed by atoms with Gasteiger partial charge in [-0.2, -0.15) is 0 Å². The predicted octanol–water partition coefficient (Wildman–Crippen LogP) is -0.522. The van der Waals surface area contributed by atoms with Gasteiger partial charge in [0.1, 0.15) is 45.7 Å². The maximum atomic E-state index is 14.5. The number of amides is 2. The molecule has 21 nitrogen and oxygen atoms in total. The first-order valence-electron chi connectivity index (χ1n) is 19.8. The topological polar surface area (TPSA) is 372 Å². The second kappa shape index (κ2) is 14.3. The van der Waals surface area contributed by atoms with Gasteiger partial charge in [-0.1, -0.05) is 18.2 Å². The average Bonchev–Trinajstić information content (AvgIpc) is 3.19. The van der Waals surface area contributed by atoms with Crippen LogP contribution in [0.25, 0.3) is 11.5 Å². The van der Waals surface area contributed by atoms with E-state index in [-0.39, 0.29) is 17.5 Å². The van der Waals surface area contributed by atoms with Gasteiger partial charge in [-0.25, -0.2) is 0 Å². The van der Waals surface area contributed by atoms with E-state index in [0.717, 1.165) is 12.1 Å². The third kappa shape index (κ3) is 5.44. The normalized spacial score (nSPS) is 32.2. The standard InChI is InChI=1S/C43H43N5O16/c1-47(2)28-17-11-15-24(36(56)42(17,63)37(57)25(33(28)53)39(45)59)32(52)22-13(27(15)44)8-9-18(30(22)50)46-40(60)26-34(54)29(48(3)4)16-10-14-20(41(61)62)12-6-5-7-19(49)21(12)31(51)23(14)35(55)43(16,64)38(26)58/h5-9,14-17,20,27-29,49-52,57-58,63-64H,10-11,44H2,1-4H3,(H2,45,59)(H,46,60)(H,61,62)/t14-,15+,16+,17+,20+,27+,28+,29+,42+,43+/m1/s1. The quantitative estimate of drug-likeness (QED) is 0.128. The average molecular weight is 886 g/mol. The molecule has 6 aliphatic carbocycles. The zero-order valence-corrected chi connectivity index (χ0v) is 34.4. The molecule has 6 aliphatic rings. The van der Waals surface area contributed by atoms with E-state index >= 15 is 0 Å². The van der Waals surface area contributed by atoms with Crippen molar-refractivity contribution in [2.24, 2.45) is 35.1 Å². The Hall–Kier alpha value is -6.91. The first kappa shape index (κ1) is 43.7. The van der Waals surface area contributed by atoms with Crippen molar-refractivity contribution in [3.05, 3.63) is 86.4 Å². The van der Waals surface area contributed by atoms with Crippen molar-refractivity contribution in [3.8, 4) is 11.5 Å².